The minimum absolute atomic E-state index is 0.342. The predicted molar refractivity (Wildman–Crippen MR) is 108 cm³/mol. The number of hydrogen-bond donors (Lipinski definition) is 0. The summed E-state index contributed by atoms with van der Waals surface area (Å²) in [5.74, 6) is 7.22. The average Bonchev–Trinajstić information content (AvgIpc) is 2.45. The van der Waals surface area contributed by atoms with Crippen LogP contribution in [0.1, 0.15) is 73.3 Å². The fourth-order valence-corrected chi connectivity index (χ4v) is 9.26. The minimum atomic E-state index is -1.65. The van der Waals surface area contributed by atoms with Crippen LogP contribution in [-0.4, -0.2) is 8.07 Å². The molecular weight excluding hydrogens is 292 g/mol. The molecule has 23 heavy (non-hydrogen) atoms. The summed E-state index contributed by atoms with van der Waals surface area (Å²) in [6.07, 6.45) is 3.78. The van der Waals surface area contributed by atoms with Crippen molar-refractivity contribution in [2.24, 2.45) is 0 Å². The maximum atomic E-state index is 3.74. The second-order valence-electron chi connectivity index (χ2n) is 9.03. The van der Waals surface area contributed by atoms with Crippen LogP contribution in [0.3, 0.4) is 0 Å². The Balaban J connectivity index is 3.30. The number of hydrogen-bond acceptors (Lipinski definition) is 0. The van der Waals surface area contributed by atoms with Gasteiger partial charge in [0.05, 0.1) is 8.07 Å². The summed E-state index contributed by atoms with van der Waals surface area (Å²) in [5, 5.41) is 0.685. The third-order valence-electron chi connectivity index (χ3n) is 5.82. The molecular formula is C22H36Si. The molecule has 1 aromatic rings. The molecule has 0 aliphatic heterocycles. The molecule has 128 valence electrons. The van der Waals surface area contributed by atoms with Crippen LogP contribution in [0.5, 0.6) is 0 Å². The van der Waals surface area contributed by atoms with E-state index in [-0.39, 0.29) is 0 Å². The van der Waals surface area contributed by atoms with Gasteiger partial charge in [-0.05, 0) is 28.6 Å². The first-order chi connectivity index (χ1) is 10.5. The van der Waals surface area contributed by atoms with Gasteiger partial charge >= 0.3 is 0 Å². The van der Waals surface area contributed by atoms with E-state index in [1.165, 1.54) is 19.3 Å². The fourth-order valence-electron chi connectivity index (χ4n) is 3.78. The van der Waals surface area contributed by atoms with Crippen molar-refractivity contribution in [2.45, 2.75) is 89.9 Å². The Labute approximate surface area is 146 Å². The molecule has 0 aliphatic carbocycles. The molecule has 0 nitrogen and oxygen atoms in total. The van der Waals surface area contributed by atoms with Gasteiger partial charge in [0.2, 0.25) is 0 Å². The monoisotopic (exact) mass is 328 g/mol. The van der Waals surface area contributed by atoms with Crippen LogP contribution in [-0.2, 0) is 0 Å². The van der Waals surface area contributed by atoms with Crippen molar-refractivity contribution < 1.29 is 0 Å². The van der Waals surface area contributed by atoms with Crippen molar-refractivity contribution in [2.75, 3.05) is 0 Å². The highest BCUT2D eigenvalue weighted by Crippen LogP contribution is 2.57. The van der Waals surface area contributed by atoms with E-state index >= 15 is 0 Å². The molecule has 0 amide bonds. The Morgan fingerprint density at radius 1 is 0.957 bits per heavy atom. The van der Waals surface area contributed by atoms with E-state index in [0.29, 0.717) is 15.6 Å². The van der Waals surface area contributed by atoms with Gasteiger partial charge in [-0.3, -0.25) is 0 Å². The molecule has 0 aromatic heterocycles. The summed E-state index contributed by atoms with van der Waals surface area (Å²) in [6, 6.07) is 10.5. The zero-order valence-electron chi connectivity index (χ0n) is 16.6. The van der Waals surface area contributed by atoms with Crippen LogP contribution in [0, 0.1) is 11.8 Å². The summed E-state index contributed by atoms with van der Waals surface area (Å²) in [4.78, 5) is 0. The molecule has 0 fully saturated rings. The van der Waals surface area contributed by atoms with Crippen LogP contribution in [0.4, 0.5) is 0 Å². The zero-order valence-corrected chi connectivity index (χ0v) is 17.6. The Bertz CT molecular complexity index is 517. The van der Waals surface area contributed by atoms with Gasteiger partial charge in [0.15, 0.2) is 0 Å². The number of benzene rings is 1. The lowest BCUT2D eigenvalue weighted by atomic mass is 10.1. The summed E-state index contributed by atoms with van der Waals surface area (Å²) < 4.78 is 0. The first-order valence-corrected chi connectivity index (χ1v) is 11.7. The van der Waals surface area contributed by atoms with Crippen molar-refractivity contribution in [3.05, 3.63) is 35.9 Å². The Morgan fingerprint density at radius 2 is 1.48 bits per heavy atom. The third kappa shape index (κ3) is 4.74. The van der Waals surface area contributed by atoms with Crippen molar-refractivity contribution in [1.82, 2.24) is 0 Å². The number of rotatable bonds is 4. The first kappa shape index (κ1) is 20.0. The molecule has 0 N–H and O–H groups in total. The normalized spacial score (nSPS) is 14.1. The van der Waals surface area contributed by atoms with Crippen LogP contribution < -0.4 is 0 Å². The van der Waals surface area contributed by atoms with Gasteiger partial charge in [-0.2, -0.15) is 0 Å². The maximum absolute atomic E-state index is 3.74. The Kier molecular flexibility index (Phi) is 6.72. The molecule has 1 heteroatoms. The van der Waals surface area contributed by atoms with Crippen LogP contribution in [0.2, 0.25) is 22.2 Å². The van der Waals surface area contributed by atoms with Crippen LogP contribution >= 0.6 is 0 Å². The molecule has 0 saturated carbocycles. The molecule has 0 aliphatic rings. The van der Waals surface area contributed by atoms with Gasteiger partial charge in [0.1, 0.15) is 0 Å². The van der Waals surface area contributed by atoms with Gasteiger partial charge < -0.3 is 0 Å². The van der Waals surface area contributed by atoms with Crippen LogP contribution in [0.15, 0.2) is 30.3 Å². The molecule has 1 unspecified atom stereocenters. The largest absolute Gasteiger partial charge is 0.0976 e. The Morgan fingerprint density at radius 3 is 1.91 bits per heavy atom. The average molecular weight is 329 g/mol. The van der Waals surface area contributed by atoms with Gasteiger partial charge in [-0.25, -0.2) is 0 Å². The van der Waals surface area contributed by atoms with Crippen molar-refractivity contribution in [1.29, 1.82) is 0 Å². The van der Waals surface area contributed by atoms with E-state index in [9.17, 15) is 0 Å². The molecule has 0 heterocycles. The van der Waals surface area contributed by atoms with Crippen molar-refractivity contribution in [3.8, 4) is 11.8 Å². The third-order valence-corrected chi connectivity index (χ3v) is 13.9. The summed E-state index contributed by atoms with van der Waals surface area (Å²) in [5.41, 5.74) is 1.69. The SMILES string of the molecule is CCCCC(C#Cc1ccccc1)[Si](C)(C(C)(C)C)C(C)(C)C. The molecule has 0 bridgehead atoms. The Hall–Kier alpha value is -1.00. The van der Waals surface area contributed by atoms with Gasteiger partial charge in [-0.1, -0.05) is 97.9 Å². The molecule has 1 aromatic carbocycles. The number of unbranched alkanes of at least 4 members (excludes halogenated alkanes) is 1. The standard InChI is InChI=1S/C22H36Si/c1-9-10-16-20(18-17-19-14-12-11-13-15-19)23(8,21(2,3)4)22(5,6)7/h11-15,20H,9-10,16H2,1-8H3. The molecule has 0 radical (unpaired) electrons. The molecule has 0 saturated heterocycles. The molecule has 1 atom stereocenters. The van der Waals surface area contributed by atoms with Crippen molar-refractivity contribution in [3.63, 3.8) is 0 Å². The highest BCUT2D eigenvalue weighted by atomic mass is 28.3. The maximum Gasteiger partial charge on any atom is 0.0779 e. The van der Waals surface area contributed by atoms with Crippen molar-refractivity contribution >= 4 is 8.07 Å². The van der Waals surface area contributed by atoms with E-state index < -0.39 is 8.07 Å². The fraction of sp³-hybridized carbons (Fsp3) is 0.636. The summed E-state index contributed by atoms with van der Waals surface area (Å²) >= 11 is 0. The lowest BCUT2D eigenvalue weighted by Crippen LogP contribution is -2.52. The second-order valence-corrected chi connectivity index (χ2v) is 15.1. The molecule has 1 rings (SSSR count). The molecule has 0 spiro atoms. The second kappa shape index (κ2) is 7.71. The van der Waals surface area contributed by atoms with Gasteiger partial charge in [-0.15, -0.1) is 0 Å². The van der Waals surface area contributed by atoms with Gasteiger partial charge in [0, 0.05) is 11.1 Å². The van der Waals surface area contributed by atoms with E-state index in [1.54, 1.807) is 0 Å². The smallest absolute Gasteiger partial charge is 0.0779 e. The highest BCUT2D eigenvalue weighted by molar-refractivity contribution is 6.85. The lowest BCUT2D eigenvalue weighted by molar-refractivity contribution is 0.579. The van der Waals surface area contributed by atoms with E-state index in [1.807, 2.05) is 0 Å². The van der Waals surface area contributed by atoms with Gasteiger partial charge in [0.25, 0.3) is 0 Å². The quantitative estimate of drug-likeness (QED) is 0.402. The van der Waals surface area contributed by atoms with E-state index in [2.05, 4.69) is 97.2 Å². The lowest BCUT2D eigenvalue weighted by Gasteiger charge is -2.53. The van der Waals surface area contributed by atoms with E-state index in [4.69, 9.17) is 0 Å². The van der Waals surface area contributed by atoms with Crippen LogP contribution in [0.25, 0.3) is 0 Å². The minimum Gasteiger partial charge on any atom is -0.0976 e. The first-order valence-electron chi connectivity index (χ1n) is 9.10. The summed E-state index contributed by atoms with van der Waals surface area (Å²) in [6.45, 7) is 19.5. The summed E-state index contributed by atoms with van der Waals surface area (Å²) in [7, 11) is -1.65. The van der Waals surface area contributed by atoms with E-state index in [0.717, 1.165) is 5.56 Å². The topological polar surface area (TPSA) is 0 Å². The predicted octanol–water partition coefficient (Wildman–Crippen LogP) is 7.28. The highest BCUT2D eigenvalue weighted by Gasteiger charge is 2.53. The zero-order chi connectivity index (χ0) is 17.7.